The number of aromatic nitrogens is 3. The number of nitrogens with one attached hydrogen (secondary N) is 2. The first-order valence-electron chi connectivity index (χ1n) is 8.18. The summed E-state index contributed by atoms with van der Waals surface area (Å²) in [6.07, 6.45) is 3.26. The first-order valence-corrected chi connectivity index (χ1v) is 8.18. The first-order chi connectivity index (χ1) is 11.7. The molecule has 0 radical (unpaired) electrons. The maximum absolute atomic E-state index is 12.2. The Hall–Kier alpha value is -2.61. The number of hydrogen-bond acceptors (Lipinski definition) is 5. The van der Waals surface area contributed by atoms with E-state index in [0.717, 1.165) is 45.1 Å². The van der Waals surface area contributed by atoms with E-state index < -0.39 is 0 Å². The number of hydrogen-bond donors (Lipinski definition) is 2. The molecular formula is C16H20N6O2. The van der Waals surface area contributed by atoms with Crippen molar-refractivity contribution in [2.75, 3.05) is 44.2 Å². The highest BCUT2D eigenvalue weighted by Crippen LogP contribution is 2.20. The van der Waals surface area contributed by atoms with Crippen LogP contribution in [0.4, 0.5) is 5.82 Å². The molecular weight excluding hydrogens is 308 g/mol. The van der Waals surface area contributed by atoms with Gasteiger partial charge in [0.05, 0.1) is 0 Å². The van der Waals surface area contributed by atoms with E-state index in [1.54, 1.807) is 4.90 Å². The van der Waals surface area contributed by atoms with Crippen molar-refractivity contribution >= 4 is 11.7 Å². The Morgan fingerprint density at radius 3 is 2.58 bits per heavy atom. The van der Waals surface area contributed by atoms with Crippen LogP contribution in [0.5, 0.6) is 0 Å². The van der Waals surface area contributed by atoms with Crippen molar-refractivity contribution in [2.24, 2.45) is 0 Å². The average Bonchev–Trinajstić information content (AvgIpc) is 3.01. The van der Waals surface area contributed by atoms with Crippen molar-refractivity contribution < 1.29 is 4.79 Å². The van der Waals surface area contributed by atoms with Gasteiger partial charge in [0.1, 0.15) is 11.5 Å². The Bertz CT molecular complexity index is 756. The van der Waals surface area contributed by atoms with Crippen molar-refractivity contribution in [2.45, 2.75) is 6.04 Å². The third-order valence-electron chi connectivity index (χ3n) is 4.78. The largest absolute Gasteiger partial charge is 0.354 e. The van der Waals surface area contributed by atoms with Crippen LogP contribution in [-0.4, -0.2) is 76.0 Å². The van der Waals surface area contributed by atoms with Crippen molar-refractivity contribution in [3.63, 3.8) is 0 Å². The molecule has 0 aliphatic carbocycles. The van der Waals surface area contributed by atoms with Crippen LogP contribution in [0, 0.1) is 0 Å². The molecule has 2 aliphatic rings. The van der Waals surface area contributed by atoms with E-state index >= 15 is 0 Å². The standard InChI is InChI=1S/C16H20N6O2/c23-15(13-9-18-16(24)19-13)22-10-12(11-22)20-5-7-21(8-6-20)14-3-1-2-4-17-14/h1-4,9,12H,5-8,10-11H2,(H2,18,19,24). The zero-order chi connectivity index (χ0) is 16.5. The van der Waals surface area contributed by atoms with Gasteiger partial charge in [0, 0.05) is 57.7 Å². The molecule has 0 aromatic carbocycles. The monoisotopic (exact) mass is 328 g/mol. The summed E-state index contributed by atoms with van der Waals surface area (Å²) in [6, 6.07) is 6.38. The topological polar surface area (TPSA) is 88.3 Å². The third-order valence-corrected chi connectivity index (χ3v) is 4.78. The molecule has 4 heterocycles. The van der Waals surface area contributed by atoms with Crippen LogP contribution in [0.25, 0.3) is 0 Å². The van der Waals surface area contributed by atoms with Gasteiger partial charge >= 0.3 is 5.69 Å². The molecule has 0 saturated carbocycles. The lowest BCUT2D eigenvalue weighted by molar-refractivity contribution is 0.0242. The summed E-state index contributed by atoms with van der Waals surface area (Å²) in [7, 11) is 0. The van der Waals surface area contributed by atoms with E-state index in [1.807, 2.05) is 24.4 Å². The molecule has 0 bridgehead atoms. The molecule has 2 fully saturated rings. The molecule has 2 aromatic heterocycles. The number of aromatic amines is 2. The number of nitrogens with zero attached hydrogens (tertiary/aromatic N) is 4. The number of piperazine rings is 1. The van der Waals surface area contributed by atoms with Gasteiger partial charge in [-0.3, -0.25) is 9.69 Å². The Morgan fingerprint density at radius 1 is 1.17 bits per heavy atom. The fraction of sp³-hybridized carbons (Fsp3) is 0.438. The molecule has 0 spiro atoms. The molecule has 2 aliphatic heterocycles. The fourth-order valence-electron chi connectivity index (χ4n) is 3.33. The summed E-state index contributed by atoms with van der Waals surface area (Å²) in [5.74, 6) is 0.913. The Labute approximate surface area is 139 Å². The number of amides is 1. The van der Waals surface area contributed by atoms with Crippen LogP contribution in [-0.2, 0) is 0 Å². The lowest BCUT2D eigenvalue weighted by Crippen LogP contribution is -2.64. The van der Waals surface area contributed by atoms with Crippen LogP contribution >= 0.6 is 0 Å². The molecule has 1 amide bonds. The van der Waals surface area contributed by atoms with E-state index in [9.17, 15) is 9.59 Å². The number of carbonyl (C=O) groups is 1. The number of pyridine rings is 1. The Balaban J connectivity index is 1.28. The van der Waals surface area contributed by atoms with Gasteiger partial charge in [-0.1, -0.05) is 6.07 Å². The van der Waals surface area contributed by atoms with Gasteiger partial charge in [-0.15, -0.1) is 0 Å². The summed E-state index contributed by atoms with van der Waals surface area (Å²) in [6.45, 7) is 5.29. The predicted octanol–water partition coefficient (Wildman–Crippen LogP) is -0.255. The highest BCUT2D eigenvalue weighted by Gasteiger charge is 2.36. The molecule has 2 N–H and O–H groups in total. The minimum absolute atomic E-state index is 0.114. The second-order valence-corrected chi connectivity index (χ2v) is 6.23. The molecule has 2 saturated heterocycles. The highest BCUT2D eigenvalue weighted by molar-refractivity contribution is 5.92. The van der Waals surface area contributed by atoms with Crippen molar-refractivity contribution in [3.8, 4) is 0 Å². The Morgan fingerprint density at radius 2 is 1.96 bits per heavy atom. The number of likely N-dealkylation sites (tertiary alicyclic amines) is 1. The third kappa shape index (κ3) is 2.80. The molecule has 4 rings (SSSR count). The number of carbonyl (C=O) groups excluding carboxylic acids is 1. The van der Waals surface area contributed by atoms with E-state index in [-0.39, 0.29) is 11.6 Å². The maximum atomic E-state index is 12.2. The Kier molecular flexibility index (Phi) is 3.81. The van der Waals surface area contributed by atoms with E-state index in [0.29, 0.717) is 11.7 Å². The first kappa shape index (κ1) is 14.9. The fourth-order valence-corrected chi connectivity index (χ4v) is 3.33. The highest BCUT2D eigenvalue weighted by atomic mass is 16.2. The minimum Gasteiger partial charge on any atom is -0.354 e. The van der Waals surface area contributed by atoms with Crippen molar-refractivity contribution in [3.05, 3.63) is 46.8 Å². The van der Waals surface area contributed by atoms with Gasteiger partial charge in [-0.05, 0) is 12.1 Å². The van der Waals surface area contributed by atoms with Crippen LogP contribution in [0.3, 0.4) is 0 Å². The van der Waals surface area contributed by atoms with Crippen LogP contribution in [0.1, 0.15) is 10.5 Å². The van der Waals surface area contributed by atoms with Crippen molar-refractivity contribution in [1.82, 2.24) is 24.8 Å². The zero-order valence-corrected chi connectivity index (χ0v) is 13.3. The minimum atomic E-state index is -0.346. The summed E-state index contributed by atoms with van der Waals surface area (Å²) in [4.78, 5) is 39.2. The summed E-state index contributed by atoms with van der Waals surface area (Å²) >= 11 is 0. The summed E-state index contributed by atoms with van der Waals surface area (Å²) in [5, 5.41) is 0. The van der Waals surface area contributed by atoms with Gasteiger partial charge in [-0.25, -0.2) is 9.78 Å². The maximum Gasteiger partial charge on any atom is 0.323 e. The van der Waals surface area contributed by atoms with Gasteiger partial charge in [0.2, 0.25) is 0 Å². The van der Waals surface area contributed by atoms with Gasteiger partial charge in [0.25, 0.3) is 5.91 Å². The van der Waals surface area contributed by atoms with E-state index in [2.05, 4.69) is 24.8 Å². The van der Waals surface area contributed by atoms with Crippen LogP contribution in [0.2, 0.25) is 0 Å². The SMILES string of the molecule is O=C(c1c[nH]c(=O)[nH]1)N1CC(N2CCN(c3ccccn3)CC2)C1. The molecule has 0 unspecified atom stereocenters. The summed E-state index contributed by atoms with van der Waals surface area (Å²) in [5.41, 5.74) is -0.0144. The predicted molar refractivity (Wildman–Crippen MR) is 89.1 cm³/mol. The summed E-state index contributed by atoms with van der Waals surface area (Å²) < 4.78 is 0. The molecule has 8 nitrogen and oxygen atoms in total. The number of rotatable bonds is 3. The molecule has 0 atom stereocenters. The normalized spacial score (nSPS) is 19.3. The zero-order valence-electron chi connectivity index (χ0n) is 13.3. The van der Waals surface area contributed by atoms with Gasteiger partial charge in [-0.2, -0.15) is 0 Å². The average molecular weight is 328 g/mol. The molecule has 8 heteroatoms. The molecule has 24 heavy (non-hydrogen) atoms. The molecule has 126 valence electrons. The quantitative estimate of drug-likeness (QED) is 0.811. The second kappa shape index (κ2) is 6.12. The van der Waals surface area contributed by atoms with E-state index in [1.165, 1.54) is 6.20 Å². The number of H-pyrrole nitrogens is 2. The van der Waals surface area contributed by atoms with Gasteiger partial charge in [0.15, 0.2) is 0 Å². The number of imidazole rings is 1. The second-order valence-electron chi connectivity index (χ2n) is 6.23. The lowest BCUT2D eigenvalue weighted by atomic mass is 10.1. The molecule has 2 aromatic rings. The van der Waals surface area contributed by atoms with Crippen LogP contribution in [0.15, 0.2) is 35.4 Å². The smallest absolute Gasteiger partial charge is 0.323 e. The van der Waals surface area contributed by atoms with Crippen molar-refractivity contribution in [1.29, 1.82) is 0 Å². The van der Waals surface area contributed by atoms with Gasteiger partial charge < -0.3 is 19.8 Å². The van der Waals surface area contributed by atoms with Crippen LogP contribution < -0.4 is 10.6 Å². The van der Waals surface area contributed by atoms with E-state index in [4.69, 9.17) is 0 Å². The lowest BCUT2D eigenvalue weighted by Gasteiger charge is -2.48. The number of anilines is 1.